The van der Waals surface area contributed by atoms with E-state index in [1.807, 2.05) is 0 Å². The lowest BCUT2D eigenvalue weighted by atomic mass is 9.99. The molecule has 24 heavy (non-hydrogen) atoms. The molecule has 1 aliphatic heterocycles. The Bertz CT molecular complexity index is 980. The van der Waals surface area contributed by atoms with Crippen LogP contribution in [0.15, 0.2) is 51.7 Å². The van der Waals surface area contributed by atoms with Crippen molar-refractivity contribution in [3.63, 3.8) is 0 Å². The number of hydrogen-bond donors (Lipinski definition) is 1. The molecule has 2 heterocycles. The van der Waals surface area contributed by atoms with Crippen LogP contribution >= 0.6 is 11.6 Å². The van der Waals surface area contributed by atoms with Crippen LogP contribution in [-0.4, -0.2) is 16.6 Å². The minimum atomic E-state index is -0.420. The maximum absolute atomic E-state index is 11.8. The van der Waals surface area contributed by atoms with Crippen molar-refractivity contribution < 1.29 is 9.52 Å². The van der Waals surface area contributed by atoms with Gasteiger partial charge in [0, 0.05) is 37.2 Å². The summed E-state index contributed by atoms with van der Waals surface area (Å²) in [5.74, 6) is -0.0867. The van der Waals surface area contributed by atoms with Gasteiger partial charge in [-0.25, -0.2) is 4.79 Å². The van der Waals surface area contributed by atoms with Gasteiger partial charge in [-0.05, 0) is 29.2 Å². The molecule has 0 fully saturated rings. The zero-order valence-electron chi connectivity index (χ0n) is 13.0. The third kappa shape index (κ3) is 2.79. The third-order valence-corrected chi connectivity index (χ3v) is 4.80. The van der Waals surface area contributed by atoms with Crippen LogP contribution in [0.2, 0.25) is 5.02 Å². The second kappa shape index (κ2) is 5.96. The van der Waals surface area contributed by atoms with E-state index < -0.39 is 5.63 Å². The number of benzene rings is 2. The van der Waals surface area contributed by atoms with Gasteiger partial charge in [0.2, 0.25) is 0 Å². The number of rotatable bonds is 2. The number of halogens is 1. The van der Waals surface area contributed by atoms with E-state index in [4.69, 9.17) is 16.0 Å². The summed E-state index contributed by atoms with van der Waals surface area (Å²) < 4.78 is 5.19. The molecular formula is C19H16ClNO3. The Morgan fingerprint density at radius 1 is 1.17 bits per heavy atom. The molecule has 5 heteroatoms. The Balaban J connectivity index is 1.70. The molecule has 0 spiro atoms. The maximum atomic E-state index is 11.8. The zero-order valence-corrected chi connectivity index (χ0v) is 13.7. The second-order valence-electron chi connectivity index (χ2n) is 6.12. The van der Waals surface area contributed by atoms with Gasteiger partial charge in [0.25, 0.3) is 0 Å². The van der Waals surface area contributed by atoms with Crippen molar-refractivity contribution in [3.8, 4) is 5.75 Å². The molecule has 0 radical (unpaired) electrons. The summed E-state index contributed by atoms with van der Waals surface area (Å²) in [6.07, 6.45) is 0.997. The van der Waals surface area contributed by atoms with Gasteiger partial charge in [-0.2, -0.15) is 0 Å². The molecule has 0 saturated heterocycles. The summed E-state index contributed by atoms with van der Waals surface area (Å²) in [6, 6.07) is 13.0. The van der Waals surface area contributed by atoms with Gasteiger partial charge in [0.15, 0.2) is 0 Å². The smallest absolute Gasteiger partial charge is 0.336 e. The molecule has 4 nitrogen and oxygen atoms in total. The Labute approximate surface area is 143 Å². The molecule has 3 aromatic rings. The Hall–Kier alpha value is -2.30. The van der Waals surface area contributed by atoms with Gasteiger partial charge in [-0.1, -0.05) is 35.9 Å². The van der Waals surface area contributed by atoms with Gasteiger partial charge >= 0.3 is 5.63 Å². The van der Waals surface area contributed by atoms with E-state index in [-0.39, 0.29) is 10.8 Å². The minimum absolute atomic E-state index is 0.0867. The fourth-order valence-electron chi connectivity index (χ4n) is 3.30. The van der Waals surface area contributed by atoms with Crippen LogP contribution in [0.3, 0.4) is 0 Å². The SMILES string of the molecule is O=c1cc(CN2CCc3ccccc3C2)c2cc(Cl)c(O)cc2o1. The highest BCUT2D eigenvalue weighted by Gasteiger charge is 2.18. The average Bonchev–Trinajstić information content (AvgIpc) is 2.56. The lowest BCUT2D eigenvalue weighted by Gasteiger charge is -2.28. The number of nitrogens with zero attached hydrogens (tertiary/aromatic N) is 1. The number of phenols is 1. The largest absolute Gasteiger partial charge is 0.506 e. The number of phenolic OH excluding ortho intramolecular Hbond substituents is 1. The standard InChI is InChI=1S/C19H16ClNO3/c20-16-8-15-14(7-19(23)24-18(15)9-17(16)22)11-21-6-5-12-3-1-2-4-13(12)10-21/h1-4,7-9,22H,5-6,10-11H2. The Morgan fingerprint density at radius 2 is 1.96 bits per heavy atom. The van der Waals surface area contributed by atoms with E-state index >= 15 is 0 Å². The van der Waals surface area contributed by atoms with Crippen molar-refractivity contribution in [1.29, 1.82) is 0 Å². The van der Waals surface area contributed by atoms with Gasteiger partial charge in [0.05, 0.1) is 5.02 Å². The van der Waals surface area contributed by atoms with Crippen LogP contribution in [0.1, 0.15) is 16.7 Å². The van der Waals surface area contributed by atoms with Gasteiger partial charge in [-0.15, -0.1) is 0 Å². The van der Waals surface area contributed by atoms with Crippen LogP contribution in [0.5, 0.6) is 5.75 Å². The summed E-state index contributed by atoms with van der Waals surface area (Å²) in [7, 11) is 0. The van der Waals surface area contributed by atoms with E-state index in [0.29, 0.717) is 12.1 Å². The Kier molecular flexibility index (Phi) is 3.79. The lowest BCUT2D eigenvalue weighted by Crippen LogP contribution is -2.30. The van der Waals surface area contributed by atoms with E-state index in [1.54, 1.807) is 6.07 Å². The van der Waals surface area contributed by atoms with Crippen LogP contribution in [0, 0.1) is 0 Å². The van der Waals surface area contributed by atoms with Crippen LogP contribution in [0.25, 0.3) is 11.0 Å². The average molecular weight is 342 g/mol. The molecular weight excluding hydrogens is 326 g/mol. The second-order valence-corrected chi connectivity index (χ2v) is 6.53. The molecule has 0 amide bonds. The van der Waals surface area contributed by atoms with E-state index in [2.05, 4.69) is 29.2 Å². The maximum Gasteiger partial charge on any atom is 0.336 e. The van der Waals surface area contributed by atoms with Crippen molar-refractivity contribution in [2.45, 2.75) is 19.5 Å². The fraction of sp³-hybridized carbons (Fsp3) is 0.211. The summed E-state index contributed by atoms with van der Waals surface area (Å²) in [4.78, 5) is 14.1. The molecule has 1 aliphatic rings. The number of fused-ring (bicyclic) bond motifs is 2. The number of aromatic hydroxyl groups is 1. The van der Waals surface area contributed by atoms with E-state index in [9.17, 15) is 9.90 Å². The van der Waals surface area contributed by atoms with Crippen molar-refractivity contribution >= 4 is 22.6 Å². The molecule has 0 saturated carbocycles. The summed E-state index contributed by atoms with van der Waals surface area (Å²) >= 11 is 6.03. The molecule has 0 aliphatic carbocycles. The quantitative estimate of drug-likeness (QED) is 0.722. The molecule has 2 aromatic carbocycles. The molecule has 4 rings (SSSR count). The van der Waals surface area contributed by atoms with Crippen molar-refractivity contribution in [3.05, 3.63) is 74.6 Å². The predicted octanol–water partition coefficient (Wildman–Crippen LogP) is 3.71. The predicted molar refractivity (Wildman–Crippen MR) is 93.4 cm³/mol. The molecule has 1 N–H and O–H groups in total. The van der Waals surface area contributed by atoms with Gasteiger partial charge < -0.3 is 9.52 Å². The lowest BCUT2D eigenvalue weighted by molar-refractivity contribution is 0.246. The molecule has 122 valence electrons. The van der Waals surface area contributed by atoms with Gasteiger partial charge in [-0.3, -0.25) is 4.90 Å². The van der Waals surface area contributed by atoms with E-state index in [1.165, 1.54) is 23.3 Å². The first-order chi connectivity index (χ1) is 11.6. The molecule has 0 bridgehead atoms. The van der Waals surface area contributed by atoms with Crippen molar-refractivity contribution in [1.82, 2.24) is 4.90 Å². The van der Waals surface area contributed by atoms with Crippen LogP contribution < -0.4 is 5.63 Å². The highest BCUT2D eigenvalue weighted by Crippen LogP contribution is 2.31. The minimum Gasteiger partial charge on any atom is -0.506 e. The highest BCUT2D eigenvalue weighted by molar-refractivity contribution is 6.32. The normalized spacial score (nSPS) is 14.7. The summed E-state index contributed by atoms with van der Waals surface area (Å²) in [5, 5.41) is 10.7. The molecule has 0 unspecified atom stereocenters. The summed E-state index contributed by atoms with van der Waals surface area (Å²) in [5.41, 5.74) is 3.52. The van der Waals surface area contributed by atoms with Crippen LogP contribution in [-0.2, 0) is 19.5 Å². The summed E-state index contributed by atoms with van der Waals surface area (Å²) in [6.45, 7) is 2.42. The monoisotopic (exact) mass is 341 g/mol. The first kappa shape index (κ1) is 15.2. The van der Waals surface area contributed by atoms with Crippen LogP contribution in [0.4, 0.5) is 0 Å². The first-order valence-electron chi connectivity index (χ1n) is 7.84. The third-order valence-electron chi connectivity index (χ3n) is 4.50. The number of hydrogen-bond acceptors (Lipinski definition) is 4. The topological polar surface area (TPSA) is 53.7 Å². The van der Waals surface area contributed by atoms with Crippen molar-refractivity contribution in [2.24, 2.45) is 0 Å². The fourth-order valence-corrected chi connectivity index (χ4v) is 3.46. The zero-order chi connectivity index (χ0) is 16.7. The highest BCUT2D eigenvalue weighted by atomic mass is 35.5. The first-order valence-corrected chi connectivity index (χ1v) is 8.22. The molecule has 0 atom stereocenters. The van der Waals surface area contributed by atoms with Crippen molar-refractivity contribution in [2.75, 3.05) is 6.54 Å². The Morgan fingerprint density at radius 3 is 2.79 bits per heavy atom. The molecule has 1 aromatic heterocycles. The van der Waals surface area contributed by atoms with E-state index in [0.717, 1.165) is 30.5 Å². The van der Waals surface area contributed by atoms with Gasteiger partial charge in [0.1, 0.15) is 11.3 Å².